The van der Waals surface area contributed by atoms with E-state index in [-0.39, 0.29) is 26.1 Å². The molecule has 0 aliphatic carbocycles. The zero-order chi connectivity index (χ0) is 36.8. The third-order valence-electron chi connectivity index (χ3n) is 7.50. The van der Waals surface area contributed by atoms with Gasteiger partial charge in [-0.1, -0.05) is 125 Å². The lowest BCUT2D eigenvalue weighted by molar-refractivity contribution is -0.161. The number of unbranched alkanes of at least 4 members (excludes halogenated alkanes) is 10. The summed E-state index contributed by atoms with van der Waals surface area (Å²) in [6.07, 6.45) is 43.9. The summed E-state index contributed by atoms with van der Waals surface area (Å²) in [7, 11) is -4.30. The van der Waals surface area contributed by atoms with Crippen LogP contribution in [0.3, 0.4) is 0 Å². The molecular formula is C41H69O8P. The van der Waals surface area contributed by atoms with Crippen molar-refractivity contribution in [3.63, 3.8) is 0 Å². The van der Waals surface area contributed by atoms with Gasteiger partial charge in [0.2, 0.25) is 0 Å². The second-order valence-electron chi connectivity index (χ2n) is 12.2. The largest absolute Gasteiger partial charge is 0.472 e. The molecule has 8 nitrogen and oxygen atoms in total. The third kappa shape index (κ3) is 35.3. The zero-order valence-corrected chi connectivity index (χ0v) is 32.4. The van der Waals surface area contributed by atoms with E-state index in [1.165, 1.54) is 32.1 Å². The highest BCUT2D eigenvalue weighted by molar-refractivity contribution is 7.47. The van der Waals surface area contributed by atoms with Crippen LogP contribution in [0.25, 0.3) is 0 Å². The number of ether oxygens (including phenoxy) is 2. The van der Waals surface area contributed by atoms with E-state index in [0.717, 1.165) is 70.6 Å². The Hall–Kier alpha value is -2.51. The van der Waals surface area contributed by atoms with Crippen molar-refractivity contribution >= 4 is 19.8 Å². The van der Waals surface area contributed by atoms with Gasteiger partial charge in [0.15, 0.2) is 6.10 Å². The van der Waals surface area contributed by atoms with Crippen molar-refractivity contribution in [2.45, 2.75) is 155 Å². The molecule has 286 valence electrons. The van der Waals surface area contributed by atoms with E-state index >= 15 is 0 Å². The number of esters is 2. The van der Waals surface area contributed by atoms with Crippen molar-refractivity contribution in [1.82, 2.24) is 0 Å². The first kappa shape index (κ1) is 47.5. The molecule has 2 atom stereocenters. The van der Waals surface area contributed by atoms with Gasteiger partial charge in [-0.05, 0) is 84.0 Å². The second kappa shape index (κ2) is 36.3. The van der Waals surface area contributed by atoms with E-state index in [0.29, 0.717) is 12.8 Å². The molecule has 0 fully saturated rings. The van der Waals surface area contributed by atoms with Crippen molar-refractivity contribution < 1.29 is 37.6 Å². The Morgan fingerprint density at radius 3 is 1.62 bits per heavy atom. The minimum Gasteiger partial charge on any atom is -0.462 e. The van der Waals surface area contributed by atoms with E-state index in [1.807, 2.05) is 6.08 Å². The molecule has 0 aromatic carbocycles. The maximum Gasteiger partial charge on any atom is 0.472 e. The molecule has 0 aromatic rings. The standard InChI is InChI=1S/C41H69O8P/c1-4-7-9-11-13-15-17-19-20-21-22-24-26-28-30-32-34-36-41(43)49-39(38-48-50(44,45)47-6-3)37-46-40(42)35-33-31-29-27-25-23-18-16-14-12-10-8-5-2/h7,9,13,15-16,18-20,22,24,28,30,39H,4-6,8,10-12,14,17,21,23,25-27,29,31-38H2,1-3H3,(H,44,45)/b9-7-,15-13-,18-16-,20-19-,24-22-,30-28-. The summed E-state index contributed by atoms with van der Waals surface area (Å²) in [5, 5.41) is 0. The molecule has 0 amide bonds. The molecule has 0 saturated heterocycles. The summed E-state index contributed by atoms with van der Waals surface area (Å²) in [6, 6.07) is 0. The Kier molecular flexibility index (Phi) is 34.5. The number of carbonyl (C=O) groups excluding carboxylic acids is 2. The SMILES string of the molecule is CC/C=C\C/C=C\C/C=C\C/C=C\C/C=C\CCCC(=O)OC(COC(=O)CCCCCCC/C=C\CCCCCC)COP(=O)(O)OCC. The van der Waals surface area contributed by atoms with Crippen LogP contribution in [-0.2, 0) is 32.7 Å². The van der Waals surface area contributed by atoms with Crippen LogP contribution in [0.5, 0.6) is 0 Å². The first-order valence-electron chi connectivity index (χ1n) is 19.2. The van der Waals surface area contributed by atoms with Crippen LogP contribution in [0.2, 0.25) is 0 Å². The first-order valence-corrected chi connectivity index (χ1v) is 20.7. The van der Waals surface area contributed by atoms with Crippen LogP contribution < -0.4 is 0 Å². The smallest absolute Gasteiger partial charge is 0.462 e. The number of carbonyl (C=O) groups is 2. The minimum absolute atomic E-state index is 0.0150. The Labute approximate surface area is 304 Å². The van der Waals surface area contributed by atoms with Crippen LogP contribution in [0.4, 0.5) is 0 Å². The molecule has 1 N–H and O–H groups in total. The number of phosphoric ester groups is 1. The van der Waals surface area contributed by atoms with Crippen LogP contribution in [0, 0.1) is 0 Å². The summed E-state index contributed by atoms with van der Waals surface area (Å²) in [5.41, 5.74) is 0. The monoisotopic (exact) mass is 720 g/mol. The van der Waals surface area contributed by atoms with Gasteiger partial charge in [-0.3, -0.25) is 18.6 Å². The van der Waals surface area contributed by atoms with Crippen molar-refractivity contribution in [3.8, 4) is 0 Å². The van der Waals surface area contributed by atoms with Gasteiger partial charge in [0.05, 0.1) is 13.2 Å². The molecule has 0 heterocycles. The molecule has 0 spiro atoms. The van der Waals surface area contributed by atoms with E-state index in [2.05, 4.69) is 80.7 Å². The van der Waals surface area contributed by atoms with Gasteiger partial charge in [0.1, 0.15) is 6.61 Å². The minimum atomic E-state index is -4.30. The molecule has 0 aliphatic rings. The summed E-state index contributed by atoms with van der Waals surface area (Å²) in [4.78, 5) is 34.6. The molecule has 0 radical (unpaired) electrons. The third-order valence-corrected chi connectivity index (χ3v) is 8.56. The van der Waals surface area contributed by atoms with Crippen molar-refractivity contribution in [2.75, 3.05) is 19.8 Å². The lowest BCUT2D eigenvalue weighted by Gasteiger charge is -2.19. The van der Waals surface area contributed by atoms with Gasteiger partial charge in [0.25, 0.3) is 0 Å². The lowest BCUT2D eigenvalue weighted by Crippen LogP contribution is -2.29. The van der Waals surface area contributed by atoms with Crippen molar-refractivity contribution in [3.05, 3.63) is 72.9 Å². The van der Waals surface area contributed by atoms with Gasteiger partial charge in [-0.25, -0.2) is 4.57 Å². The molecule has 0 saturated carbocycles. The second-order valence-corrected chi connectivity index (χ2v) is 13.7. The Bertz CT molecular complexity index is 1040. The van der Waals surface area contributed by atoms with Gasteiger partial charge >= 0.3 is 19.8 Å². The van der Waals surface area contributed by atoms with E-state index in [1.54, 1.807) is 6.92 Å². The summed E-state index contributed by atoms with van der Waals surface area (Å²) in [5.74, 6) is -0.884. The average Bonchev–Trinajstić information content (AvgIpc) is 3.09. The number of hydrogen-bond donors (Lipinski definition) is 1. The van der Waals surface area contributed by atoms with E-state index < -0.39 is 32.5 Å². The van der Waals surface area contributed by atoms with Gasteiger partial charge < -0.3 is 14.4 Å². The Balaban J connectivity index is 4.29. The fourth-order valence-corrected chi connectivity index (χ4v) is 5.47. The average molecular weight is 721 g/mol. The molecule has 0 aromatic heterocycles. The predicted molar refractivity (Wildman–Crippen MR) is 207 cm³/mol. The zero-order valence-electron chi connectivity index (χ0n) is 31.5. The first-order chi connectivity index (χ1) is 24.3. The highest BCUT2D eigenvalue weighted by atomic mass is 31.2. The highest BCUT2D eigenvalue weighted by Crippen LogP contribution is 2.43. The number of rotatable bonds is 34. The quantitative estimate of drug-likeness (QED) is 0.0303. The van der Waals surface area contributed by atoms with E-state index in [9.17, 15) is 19.0 Å². The fraction of sp³-hybridized carbons (Fsp3) is 0.659. The van der Waals surface area contributed by atoms with Crippen LogP contribution in [-0.4, -0.2) is 42.8 Å². The lowest BCUT2D eigenvalue weighted by atomic mass is 10.1. The van der Waals surface area contributed by atoms with Crippen molar-refractivity contribution in [1.29, 1.82) is 0 Å². The van der Waals surface area contributed by atoms with Gasteiger partial charge in [-0.2, -0.15) is 0 Å². The highest BCUT2D eigenvalue weighted by Gasteiger charge is 2.25. The van der Waals surface area contributed by atoms with Gasteiger partial charge in [0, 0.05) is 12.8 Å². The Morgan fingerprint density at radius 1 is 0.560 bits per heavy atom. The summed E-state index contributed by atoms with van der Waals surface area (Å²) in [6.45, 7) is 5.24. The molecule has 0 aliphatic heterocycles. The van der Waals surface area contributed by atoms with Crippen LogP contribution in [0.1, 0.15) is 149 Å². The van der Waals surface area contributed by atoms with E-state index in [4.69, 9.17) is 18.5 Å². The molecular weight excluding hydrogens is 651 g/mol. The van der Waals surface area contributed by atoms with Crippen LogP contribution in [0.15, 0.2) is 72.9 Å². The Morgan fingerprint density at radius 2 is 1.04 bits per heavy atom. The molecule has 0 rings (SSSR count). The number of allylic oxidation sites excluding steroid dienone is 12. The molecule has 2 unspecified atom stereocenters. The van der Waals surface area contributed by atoms with Crippen LogP contribution >= 0.6 is 7.82 Å². The molecule has 50 heavy (non-hydrogen) atoms. The topological polar surface area (TPSA) is 108 Å². The maximum absolute atomic E-state index is 12.5. The predicted octanol–water partition coefficient (Wildman–Crippen LogP) is 11.8. The summed E-state index contributed by atoms with van der Waals surface area (Å²) < 4.78 is 32.5. The number of phosphoric acid groups is 1. The van der Waals surface area contributed by atoms with Gasteiger partial charge in [-0.15, -0.1) is 0 Å². The maximum atomic E-state index is 12.5. The normalized spacial score (nSPS) is 14.2. The van der Waals surface area contributed by atoms with Crippen molar-refractivity contribution in [2.24, 2.45) is 0 Å². The number of hydrogen-bond acceptors (Lipinski definition) is 7. The fourth-order valence-electron chi connectivity index (χ4n) is 4.72. The molecule has 9 heteroatoms. The molecule has 0 bridgehead atoms. The summed E-state index contributed by atoms with van der Waals surface area (Å²) >= 11 is 0.